The Morgan fingerprint density at radius 2 is 1.85 bits per heavy atom. The van der Waals surface area contributed by atoms with Gasteiger partial charge in [0.2, 0.25) is 5.91 Å². The van der Waals surface area contributed by atoms with E-state index in [4.69, 9.17) is 4.84 Å². The van der Waals surface area contributed by atoms with Crippen LogP contribution in [0.25, 0.3) is 11.1 Å². The number of nitrogens with zero attached hydrogens (tertiary/aromatic N) is 1. The first-order valence-corrected chi connectivity index (χ1v) is 14.0. The SMILES string of the molecule is C[C@@H]1C(NC(=O)[C@@H]2[C@H]([C@H](C)O)C(CO)ON2Cc2cccc(-c3ccc(C(=O)O)cc3)c2)C[C@H]2CC1C2(C)C. The van der Waals surface area contributed by atoms with Crippen LogP contribution < -0.4 is 5.32 Å². The van der Waals surface area contributed by atoms with Gasteiger partial charge < -0.3 is 20.6 Å². The second-order valence-electron chi connectivity index (χ2n) is 12.3. The number of fused-ring (bicyclic) bond motifs is 2. The van der Waals surface area contributed by atoms with Crippen LogP contribution in [0, 0.1) is 29.1 Å². The van der Waals surface area contributed by atoms with Crippen LogP contribution >= 0.6 is 0 Å². The summed E-state index contributed by atoms with van der Waals surface area (Å²) in [6.07, 6.45) is 0.633. The fraction of sp³-hybridized carbons (Fsp3) is 0.548. The molecule has 1 heterocycles. The maximum atomic E-state index is 13.8. The van der Waals surface area contributed by atoms with Crippen LogP contribution in [0.4, 0.5) is 0 Å². The number of aliphatic hydroxyl groups excluding tert-OH is 2. The number of benzene rings is 2. The summed E-state index contributed by atoms with van der Waals surface area (Å²) in [6, 6.07) is 13.8. The van der Waals surface area contributed by atoms with E-state index in [1.165, 1.54) is 6.42 Å². The van der Waals surface area contributed by atoms with E-state index in [1.54, 1.807) is 36.3 Å². The van der Waals surface area contributed by atoms with Crippen LogP contribution in [-0.2, 0) is 16.2 Å². The highest BCUT2D eigenvalue weighted by Gasteiger charge is 2.57. The number of nitrogens with one attached hydrogen (secondary N) is 1. The molecule has 4 N–H and O–H groups in total. The molecule has 2 aromatic rings. The van der Waals surface area contributed by atoms with Crippen molar-refractivity contribution in [3.8, 4) is 11.1 Å². The number of aliphatic hydroxyl groups is 2. The minimum atomic E-state index is -0.972. The van der Waals surface area contributed by atoms with E-state index in [2.05, 4.69) is 26.1 Å². The van der Waals surface area contributed by atoms with Gasteiger partial charge in [0.05, 0.1) is 24.8 Å². The van der Waals surface area contributed by atoms with Gasteiger partial charge >= 0.3 is 5.97 Å². The maximum absolute atomic E-state index is 13.8. The second kappa shape index (κ2) is 10.7. The monoisotopic (exact) mass is 536 g/mol. The quantitative estimate of drug-likeness (QED) is 0.406. The Morgan fingerprint density at radius 3 is 2.44 bits per heavy atom. The third kappa shape index (κ3) is 5.11. The molecule has 8 heteroatoms. The first-order valence-electron chi connectivity index (χ1n) is 14.0. The fourth-order valence-corrected chi connectivity index (χ4v) is 7.32. The van der Waals surface area contributed by atoms with Crippen molar-refractivity contribution >= 4 is 11.9 Å². The molecule has 8 atom stereocenters. The highest BCUT2D eigenvalue weighted by Crippen LogP contribution is 2.61. The van der Waals surface area contributed by atoms with E-state index in [0.717, 1.165) is 23.1 Å². The van der Waals surface area contributed by atoms with E-state index in [0.29, 0.717) is 23.2 Å². The van der Waals surface area contributed by atoms with Crippen molar-refractivity contribution in [3.05, 3.63) is 59.7 Å². The van der Waals surface area contributed by atoms with Crippen LogP contribution in [0.3, 0.4) is 0 Å². The lowest BCUT2D eigenvalue weighted by molar-refractivity contribution is -0.183. The molecule has 8 nitrogen and oxygen atoms in total. The minimum Gasteiger partial charge on any atom is -0.478 e. The molecule has 6 rings (SSSR count). The second-order valence-corrected chi connectivity index (χ2v) is 12.3. The molecule has 0 spiro atoms. The Balaban J connectivity index is 1.36. The molecule has 0 aromatic heterocycles. The van der Waals surface area contributed by atoms with E-state index in [9.17, 15) is 24.9 Å². The zero-order chi connectivity index (χ0) is 28.1. The molecule has 3 aliphatic carbocycles. The van der Waals surface area contributed by atoms with Gasteiger partial charge in [-0.25, -0.2) is 4.79 Å². The van der Waals surface area contributed by atoms with Crippen molar-refractivity contribution in [2.45, 2.75) is 71.4 Å². The van der Waals surface area contributed by atoms with Crippen molar-refractivity contribution in [2.75, 3.05) is 6.61 Å². The summed E-state index contributed by atoms with van der Waals surface area (Å²) in [5, 5.41) is 34.8. The Labute approximate surface area is 229 Å². The average Bonchev–Trinajstić information content (AvgIpc) is 3.28. The molecule has 1 amide bonds. The number of hydrogen-bond acceptors (Lipinski definition) is 6. The number of carbonyl (C=O) groups is 2. The summed E-state index contributed by atoms with van der Waals surface area (Å²) in [5.74, 6) is -0.166. The smallest absolute Gasteiger partial charge is 0.335 e. The summed E-state index contributed by atoms with van der Waals surface area (Å²) >= 11 is 0. The van der Waals surface area contributed by atoms with Gasteiger partial charge in [-0.3, -0.25) is 9.63 Å². The molecule has 1 saturated heterocycles. The van der Waals surface area contributed by atoms with Gasteiger partial charge in [0.1, 0.15) is 12.1 Å². The number of carboxylic acid groups (broad SMARTS) is 1. The van der Waals surface area contributed by atoms with Crippen LogP contribution in [0.5, 0.6) is 0 Å². The largest absolute Gasteiger partial charge is 0.478 e. The Bertz CT molecular complexity index is 1210. The highest BCUT2D eigenvalue weighted by molar-refractivity contribution is 5.88. The first kappa shape index (κ1) is 27.8. The highest BCUT2D eigenvalue weighted by atomic mass is 16.7. The van der Waals surface area contributed by atoms with E-state index in [-0.39, 0.29) is 30.7 Å². The number of aromatic carboxylic acids is 1. The topological polar surface area (TPSA) is 119 Å². The summed E-state index contributed by atoms with van der Waals surface area (Å²) in [5.41, 5.74) is 3.22. The molecule has 4 aliphatic rings. The lowest BCUT2D eigenvalue weighted by Gasteiger charge is -2.62. The lowest BCUT2D eigenvalue weighted by atomic mass is 9.45. The van der Waals surface area contributed by atoms with Crippen molar-refractivity contribution in [2.24, 2.45) is 29.1 Å². The van der Waals surface area contributed by atoms with Crippen molar-refractivity contribution in [1.29, 1.82) is 0 Å². The molecular formula is C31H40N2O6. The predicted molar refractivity (Wildman–Crippen MR) is 146 cm³/mol. The number of hydroxylamine groups is 2. The Hall–Kier alpha value is -2.78. The van der Waals surface area contributed by atoms with Gasteiger partial charge in [-0.1, -0.05) is 51.1 Å². The molecule has 0 radical (unpaired) electrons. The van der Waals surface area contributed by atoms with Crippen LogP contribution in [0.15, 0.2) is 48.5 Å². The van der Waals surface area contributed by atoms with Gasteiger partial charge in [0.25, 0.3) is 0 Å². The van der Waals surface area contributed by atoms with Crippen LogP contribution in [0.1, 0.15) is 56.5 Å². The number of carbonyl (C=O) groups excluding carboxylic acids is 1. The third-order valence-corrected chi connectivity index (χ3v) is 9.79. The summed E-state index contributed by atoms with van der Waals surface area (Å²) in [6.45, 7) is 8.52. The maximum Gasteiger partial charge on any atom is 0.335 e. The molecule has 210 valence electrons. The minimum absolute atomic E-state index is 0.0797. The van der Waals surface area contributed by atoms with Gasteiger partial charge in [0, 0.05) is 12.0 Å². The van der Waals surface area contributed by atoms with Crippen molar-refractivity contribution in [3.63, 3.8) is 0 Å². The van der Waals surface area contributed by atoms with E-state index < -0.39 is 30.1 Å². The molecule has 4 fully saturated rings. The van der Waals surface area contributed by atoms with E-state index >= 15 is 0 Å². The number of amides is 1. The number of carboxylic acids is 1. The van der Waals surface area contributed by atoms with Gasteiger partial charge in [-0.05, 0) is 77.8 Å². The van der Waals surface area contributed by atoms with Gasteiger partial charge in [-0.2, -0.15) is 5.06 Å². The number of rotatable bonds is 8. The molecule has 3 saturated carbocycles. The van der Waals surface area contributed by atoms with E-state index in [1.807, 2.05) is 24.3 Å². The summed E-state index contributed by atoms with van der Waals surface area (Å²) in [4.78, 5) is 31.1. The normalized spacial score (nSPS) is 32.3. The first-order chi connectivity index (χ1) is 18.5. The molecule has 3 unspecified atom stereocenters. The van der Waals surface area contributed by atoms with Gasteiger partial charge in [0.15, 0.2) is 0 Å². The Morgan fingerprint density at radius 1 is 1.13 bits per heavy atom. The molecule has 2 bridgehead atoms. The van der Waals surface area contributed by atoms with Crippen molar-refractivity contribution < 1.29 is 29.7 Å². The number of hydrogen-bond donors (Lipinski definition) is 4. The molecule has 1 aliphatic heterocycles. The molecule has 2 aromatic carbocycles. The average molecular weight is 537 g/mol. The van der Waals surface area contributed by atoms with Crippen LogP contribution in [0.2, 0.25) is 0 Å². The predicted octanol–water partition coefficient (Wildman–Crippen LogP) is 3.71. The van der Waals surface area contributed by atoms with Crippen molar-refractivity contribution in [1.82, 2.24) is 10.4 Å². The standard InChI is InChI=1S/C31H40N2O6/c1-17-24-13-23(31(24,3)4)14-25(17)32-29(36)28-27(18(2)35)26(16-34)39-33(28)15-19-6-5-7-22(12-19)20-8-10-21(11-9-20)30(37)38/h5-12,17-18,23-28,34-35H,13-16H2,1-4H3,(H,32,36)(H,37,38)/t17-,18-,23+,24?,25?,26?,27+,28-/m0/s1. The van der Waals surface area contributed by atoms with Crippen LogP contribution in [-0.4, -0.2) is 63.2 Å². The molecule has 39 heavy (non-hydrogen) atoms. The zero-order valence-electron chi connectivity index (χ0n) is 23.1. The third-order valence-electron chi connectivity index (χ3n) is 9.79. The Kier molecular flexibility index (Phi) is 7.59. The summed E-state index contributed by atoms with van der Waals surface area (Å²) < 4.78 is 0. The lowest BCUT2D eigenvalue weighted by Crippen LogP contribution is -2.62. The van der Waals surface area contributed by atoms with Gasteiger partial charge in [-0.15, -0.1) is 0 Å². The summed E-state index contributed by atoms with van der Waals surface area (Å²) in [7, 11) is 0. The molecular weight excluding hydrogens is 496 g/mol. The zero-order valence-corrected chi connectivity index (χ0v) is 23.1. The fourth-order valence-electron chi connectivity index (χ4n) is 7.32.